The van der Waals surface area contributed by atoms with Crippen molar-refractivity contribution in [3.05, 3.63) is 76.3 Å². The number of nitrogens with one attached hydrogen (secondary N) is 1. The molecule has 1 amide bonds. The first-order valence-corrected chi connectivity index (χ1v) is 8.19. The van der Waals surface area contributed by atoms with Gasteiger partial charge in [-0.25, -0.2) is 13.8 Å². The minimum Gasteiger partial charge on any atom is -0.356 e. The van der Waals surface area contributed by atoms with Gasteiger partial charge in [0.1, 0.15) is 11.6 Å². The first-order chi connectivity index (χ1) is 12.5. The maximum Gasteiger partial charge on any atom is 0.261 e. The predicted octanol–water partition coefficient (Wildman–Crippen LogP) is 2.42. The summed E-state index contributed by atoms with van der Waals surface area (Å²) >= 11 is 0. The van der Waals surface area contributed by atoms with E-state index in [1.54, 1.807) is 24.3 Å². The van der Waals surface area contributed by atoms with Gasteiger partial charge in [0.15, 0.2) is 0 Å². The Morgan fingerprint density at radius 2 is 1.85 bits per heavy atom. The highest BCUT2D eigenvalue weighted by Crippen LogP contribution is 2.08. The lowest BCUT2D eigenvalue weighted by Gasteiger charge is -2.08. The van der Waals surface area contributed by atoms with Crippen LogP contribution in [0.5, 0.6) is 0 Å². The van der Waals surface area contributed by atoms with Crippen molar-refractivity contribution < 1.29 is 13.6 Å². The van der Waals surface area contributed by atoms with Gasteiger partial charge in [0.2, 0.25) is 5.91 Å². The molecule has 0 aliphatic heterocycles. The number of benzene rings is 2. The minimum atomic E-state index is -0.644. The molecule has 134 valence electrons. The number of carbonyl (C=O) groups is 1. The number of carbonyl (C=O) groups excluding carboxylic acids is 1. The summed E-state index contributed by atoms with van der Waals surface area (Å²) in [6.07, 6.45) is 1.85. The highest BCUT2D eigenvalue weighted by molar-refractivity contribution is 5.77. The van der Waals surface area contributed by atoms with Crippen LogP contribution in [0.2, 0.25) is 0 Å². The molecule has 0 saturated carbocycles. The number of aryl methyl sites for hydroxylation is 1. The van der Waals surface area contributed by atoms with Crippen LogP contribution in [0.15, 0.2) is 53.6 Å². The van der Waals surface area contributed by atoms with E-state index in [0.29, 0.717) is 22.9 Å². The fraction of sp³-hybridized carbons (Fsp3) is 0.211. The van der Waals surface area contributed by atoms with Gasteiger partial charge in [0.25, 0.3) is 5.56 Å². The first-order valence-electron chi connectivity index (χ1n) is 8.19. The first kappa shape index (κ1) is 17.7. The van der Waals surface area contributed by atoms with Crippen LogP contribution in [0.1, 0.15) is 12.0 Å². The van der Waals surface area contributed by atoms with Gasteiger partial charge in [0, 0.05) is 25.6 Å². The van der Waals surface area contributed by atoms with Gasteiger partial charge in [-0.1, -0.05) is 12.1 Å². The molecule has 0 radical (unpaired) electrons. The summed E-state index contributed by atoms with van der Waals surface area (Å²) in [5.74, 6) is -1.54. The molecule has 0 fully saturated rings. The lowest BCUT2D eigenvalue weighted by Crippen LogP contribution is -2.29. The number of para-hydroxylation sites is 1. The Labute approximate surface area is 148 Å². The molecule has 0 unspecified atom stereocenters. The third-order valence-corrected chi connectivity index (χ3v) is 3.97. The van der Waals surface area contributed by atoms with Crippen molar-refractivity contribution in [3.63, 3.8) is 0 Å². The molecule has 2 aromatic carbocycles. The van der Waals surface area contributed by atoms with Gasteiger partial charge in [-0.2, -0.15) is 0 Å². The number of nitrogens with zero attached hydrogens (tertiary/aromatic N) is 2. The molecule has 7 heteroatoms. The summed E-state index contributed by atoms with van der Waals surface area (Å²) in [7, 11) is 0. The number of amides is 1. The zero-order chi connectivity index (χ0) is 18.5. The Balaban J connectivity index is 1.53. The van der Waals surface area contributed by atoms with Crippen LogP contribution in [-0.4, -0.2) is 22.0 Å². The molecule has 3 aromatic rings. The Kier molecular flexibility index (Phi) is 5.36. The lowest BCUT2D eigenvalue weighted by molar-refractivity contribution is -0.121. The molecule has 0 bridgehead atoms. The van der Waals surface area contributed by atoms with Crippen LogP contribution in [-0.2, 0) is 17.8 Å². The molecule has 0 spiro atoms. The molecule has 0 aliphatic rings. The van der Waals surface area contributed by atoms with E-state index >= 15 is 0 Å². The zero-order valence-corrected chi connectivity index (χ0v) is 13.9. The van der Waals surface area contributed by atoms with Gasteiger partial charge in [-0.15, -0.1) is 0 Å². The molecule has 26 heavy (non-hydrogen) atoms. The van der Waals surface area contributed by atoms with E-state index in [2.05, 4.69) is 10.3 Å². The Hall–Kier alpha value is -3.09. The van der Waals surface area contributed by atoms with Crippen molar-refractivity contribution >= 4 is 16.8 Å². The molecule has 5 nitrogen and oxygen atoms in total. The Morgan fingerprint density at radius 3 is 2.62 bits per heavy atom. The molecular weight excluding hydrogens is 340 g/mol. The van der Waals surface area contributed by atoms with Crippen molar-refractivity contribution in [2.24, 2.45) is 0 Å². The van der Waals surface area contributed by atoms with Crippen molar-refractivity contribution in [3.8, 4) is 0 Å². The summed E-state index contributed by atoms with van der Waals surface area (Å²) in [4.78, 5) is 28.4. The Morgan fingerprint density at radius 1 is 1.12 bits per heavy atom. The van der Waals surface area contributed by atoms with Crippen molar-refractivity contribution in [2.75, 3.05) is 6.54 Å². The number of aromatic nitrogens is 2. The highest BCUT2D eigenvalue weighted by atomic mass is 19.1. The number of hydrogen-bond acceptors (Lipinski definition) is 3. The van der Waals surface area contributed by atoms with E-state index in [4.69, 9.17) is 0 Å². The molecule has 1 heterocycles. The fourth-order valence-corrected chi connectivity index (χ4v) is 2.68. The SMILES string of the molecule is O=C(CCn1cnc2ccccc2c1=O)NCCc1cc(F)cc(F)c1. The average Bonchev–Trinajstić information content (AvgIpc) is 2.60. The predicted molar refractivity (Wildman–Crippen MR) is 93.7 cm³/mol. The number of fused-ring (bicyclic) bond motifs is 1. The van der Waals surface area contributed by atoms with Crippen LogP contribution < -0.4 is 10.9 Å². The van der Waals surface area contributed by atoms with Crippen molar-refractivity contribution in [2.45, 2.75) is 19.4 Å². The second kappa shape index (κ2) is 7.86. The molecule has 1 N–H and O–H groups in total. The zero-order valence-electron chi connectivity index (χ0n) is 13.9. The molecule has 0 saturated heterocycles. The number of hydrogen-bond donors (Lipinski definition) is 1. The second-order valence-corrected chi connectivity index (χ2v) is 5.89. The summed E-state index contributed by atoms with van der Waals surface area (Å²) in [6.45, 7) is 0.462. The molecule has 0 aliphatic carbocycles. The second-order valence-electron chi connectivity index (χ2n) is 5.89. The monoisotopic (exact) mass is 357 g/mol. The third-order valence-electron chi connectivity index (χ3n) is 3.97. The lowest BCUT2D eigenvalue weighted by atomic mass is 10.1. The van der Waals surface area contributed by atoms with E-state index in [1.165, 1.54) is 23.0 Å². The van der Waals surface area contributed by atoms with E-state index in [9.17, 15) is 18.4 Å². The van der Waals surface area contributed by atoms with Crippen LogP contribution in [0.25, 0.3) is 10.9 Å². The number of rotatable bonds is 6. The molecular formula is C19H17F2N3O2. The van der Waals surface area contributed by atoms with E-state index < -0.39 is 11.6 Å². The van der Waals surface area contributed by atoms with Gasteiger partial charge >= 0.3 is 0 Å². The normalized spacial score (nSPS) is 10.8. The topological polar surface area (TPSA) is 64.0 Å². The standard InChI is InChI=1S/C19H17F2N3O2/c20-14-9-13(10-15(21)11-14)5-7-22-18(25)6-8-24-12-23-17-4-2-1-3-16(17)19(24)26/h1-4,9-12H,5-8H2,(H,22,25). The third kappa shape index (κ3) is 4.30. The summed E-state index contributed by atoms with van der Waals surface area (Å²) in [5, 5.41) is 3.18. The molecule has 1 aromatic heterocycles. The van der Waals surface area contributed by atoms with Crippen molar-refractivity contribution in [1.82, 2.24) is 14.9 Å². The van der Waals surface area contributed by atoms with Crippen LogP contribution in [0, 0.1) is 11.6 Å². The minimum absolute atomic E-state index is 0.109. The fourth-order valence-electron chi connectivity index (χ4n) is 2.68. The van der Waals surface area contributed by atoms with E-state index in [0.717, 1.165) is 6.07 Å². The molecule has 0 atom stereocenters. The Bertz CT molecular complexity index is 981. The van der Waals surface area contributed by atoms with Crippen LogP contribution in [0.4, 0.5) is 8.78 Å². The van der Waals surface area contributed by atoms with Crippen LogP contribution in [0.3, 0.4) is 0 Å². The van der Waals surface area contributed by atoms with Gasteiger partial charge in [-0.3, -0.25) is 14.2 Å². The van der Waals surface area contributed by atoms with Gasteiger partial charge in [-0.05, 0) is 36.2 Å². The van der Waals surface area contributed by atoms with Crippen molar-refractivity contribution in [1.29, 1.82) is 0 Å². The smallest absolute Gasteiger partial charge is 0.261 e. The maximum absolute atomic E-state index is 13.1. The number of halogens is 2. The quantitative estimate of drug-likeness (QED) is 0.737. The average molecular weight is 357 g/mol. The van der Waals surface area contributed by atoms with E-state index in [-0.39, 0.29) is 31.0 Å². The van der Waals surface area contributed by atoms with E-state index in [1.807, 2.05) is 0 Å². The van der Waals surface area contributed by atoms with Gasteiger partial charge in [0.05, 0.1) is 17.2 Å². The molecule has 3 rings (SSSR count). The summed E-state index contributed by atoms with van der Waals surface area (Å²) < 4.78 is 27.6. The summed E-state index contributed by atoms with van der Waals surface area (Å²) in [5.41, 5.74) is 0.886. The highest BCUT2D eigenvalue weighted by Gasteiger charge is 2.07. The largest absolute Gasteiger partial charge is 0.356 e. The van der Waals surface area contributed by atoms with Crippen LogP contribution >= 0.6 is 0 Å². The summed E-state index contributed by atoms with van der Waals surface area (Å²) in [6, 6.07) is 10.3. The maximum atomic E-state index is 13.1. The van der Waals surface area contributed by atoms with Gasteiger partial charge < -0.3 is 5.32 Å².